The van der Waals surface area contributed by atoms with E-state index in [1.54, 1.807) is 45.2 Å². The summed E-state index contributed by atoms with van der Waals surface area (Å²) < 4.78 is 0.894. The van der Waals surface area contributed by atoms with E-state index in [1.165, 1.54) is 7.05 Å². The molecular weight excluding hydrogens is 633 g/mol. The van der Waals surface area contributed by atoms with Crippen molar-refractivity contribution in [2.24, 2.45) is 0 Å². The first-order valence-corrected chi connectivity index (χ1v) is 9.06. The molecule has 120 valence electrons. The molecular formula is C12H11I3N2O5. The standard InChI is InChI=1S/C12H11I3N2O5/c1-16-10(19)4-7(13)5(11(20)17-2-3-18)9(15)6(8(4)14)12(21)22/h18H,2-3H2,1H3,(H,16,19)(H,17,20)(H,21,22). The summed E-state index contributed by atoms with van der Waals surface area (Å²) in [6, 6.07) is 0. The molecule has 0 fully saturated rings. The number of halogens is 3. The van der Waals surface area contributed by atoms with Crippen molar-refractivity contribution in [2.75, 3.05) is 20.2 Å². The van der Waals surface area contributed by atoms with Gasteiger partial charge < -0.3 is 20.8 Å². The van der Waals surface area contributed by atoms with Crippen LogP contribution in [0.2, 0.25) is 0 Å². The van der Waals surface area contributed by atoms with E-state index < -0.39 is 17.8 Å². The molecule has 1 rings (SSSR count). The van der Waals surface area contributed by atoms with Gasteiger partial charge in [0.15, 0.2) is 0 Å². The number of amides is 2. The maximum atomic E-state index is 12.2. The van der Waals surface area contributed by atoms with Crippen molar-refractivity contribution in [3.8, 4) is 0 Å². The average molecular weight is 644 g/mol. The summed E-state index contributed by atoms with van der Waals surface area (Å²) >= 11 is 5.42. The lowest BCUT2D eigenvalue weighted by Gasteiger charge is -2.16. The van der Waals surface area contributed by atoms with Gasteiger partial charge in [0.25, 0.3) is 11.8 Å². The zero-order chi connectivity index (χ0) is 17.0. The number of carboxylic acids is 1. The third-order valence-corrected chi connectivity index (χ3v) is 5.85. The van der Waals surface area contributed by atoms with Crippen molar-refractivity contribution < 1.29 is 24.6 Å². The van der Waals surface area contributed by atoms with Gasteiger partial charge in [-0.3, -0.25) is 9.59 Å². The predicted molar refractivity (Wildman–Crippen MR) is 104 cm³/mol. The van der Waals surface area contributed by atoms with Gasteiger partial charge in [-0.2, -0.15) is 0 Å². The Morgan fingerprint density at radius 1 is 0.955 bits per heavy atom. The van der Waals surface area contributed by atoms with Gasteiger partial charge in [-0.1, -0.05) is 0 Å². The summed E-state index contributed by atoms with van der Waals surface area (Å²) in [5.74, 6) is -2.22. The molecule has 0 bridgehead atoms. The number of aliphatic hydroxyl groups excluding tert-OH is 1. The van der Waals surface area contributed by atoms with Crippen molar-refractivity contribution in [1.82, 2.24) is 10.6 Å². The zero-order valence-electron chi connectivity index (χ0n) is 11.2. The Bertz CT molecular complexity index is 648. The SMILES string of the molecule is CNC(=O)c1c(I)c(C(=O)O)c(I)c(C(=O)NCCO)c1I. The number of carbonyl (C=O) groups excluding carboxylic acids is 2. The highest BCUT2D eigenvalue weighted by atomic mass is 127. The van der Waals surface area contributed by atoms with Crippen LogP contribution in [0.5, 0.6) is 0 Å². The van der Waals surface area contributed by atoms with Crippen LogP contribution in [0.25, 0.3) is 0 Å². The highest BCUT2D eigenvalue weighted by molar-refractivity contribution is 14.1. The van der Waals surface area contributed by atoms with E-state index in [0.717, 1.165) is 0 Å². The summed E-state index contributed by atoms with van der Waals surface area (Å²) in [6.07, 6.45) is 0. The fourth-order valence-electron chi connectivity index (χ4n) is 1.63. The van der Waals surface area contributed by atoms with Crippen molar-refractivity contribution >= 4 is 85.6 Å². The first kappa shape index (κ1) is 19.8. The van der Waals surface area contributed by atoms with Gasteiger partial charge in [-0.25, -0.2) is 4.79 Å². The van der Waals surface area contributed by atoms with Gasteiger partial charge in [-0.15, -0.1) is 0 Å². The van der Waals surface area contributed by atoms with Crippen molar-refractivity contribution in [3.05, 3.63) is 27.4 Å². The smallest absolute Gasteiger partial charge is 0.337 e. The van der Waals surface area contributed by atoms with Crippen LogP contribution < -0.4 is 10.6 Å². The molecule has 10 heteroatoms. The number of hydrogen-bond donors (Lipinski definition) is 4. The number of benzene rings is 1. The quantitative estimate of drug-likeness (QED) is 0.361. The molecule has 0 saturated carbocycles. The largest absolute Gasteiger partial charge is 0.478 e. The normalized spacial score (nSPS) is 10.2. The van der Waals surface area contributed by atoms with Crippen molar-refractivity contribution in [1.29, 1.82) is 0 Å². The second kappa shape index (κ2) is 8.58. The molecule has 0 unspecified atom stereocenters. The second-order valence-electron chi connectivity index (χ2n) is 3.93. The molecule has 0 saturated heterocycles. The van der Waals surface area contributed by atoms with Crippen LogP contribution in [-0.4, -0.2) is 48.2 Å². The maximum absolute atomic E-state index is 12.2. The van der Waals surface area contributed by atoms with Crippen LogP contribution in [-0.2, 0) is 0 Å². The topological polar surface area (TPSA) is 116 Å². The Morgan fingerprint density at radius 3 is 1.82 bits per heavy atom. The van der Waals surface area contributed by atoms with Gasteiger partial charge in [0.1, 0.15) is 0 Å². The Hall–Kier alpha value is -0.220. The summed E-state index contributed by atoms with van der Waals surface area (Å²) in [7, 11) is 1.43. The summed E-state index contributed by atoms with van der Waals surface area (Å²) in [4.78, 5) is 35.8. The van der Waals surface area contributed by atoms with E-state index in [0.29, 0.717) is 3.57 Å². The molecule has 1 aromatic rings. The van der Waals surface area contributed by atoms with E-state index in [9.17, 15) is 19.5 Å². The van der Waals surface area contributed by atoms with Gasteiger partial charge in [-0.05, 0) is 67.8 Å². The Morgan fingerprint density at radius 2 is 1.41 bits per heavy atom. The molecule has 0 aliphatic heterocycles. The minimum Gasteiger partial charge on any atom is -0.478 e. The molecule has 0 spiro atoms. The maximum Gasteiger partial charge on any atom is 0.337 e. The van der Waals surface area contributed by atoms with E-state index >= 15 is 0 Å². The zero-order valence-corrected chi connectivity index (χ0v) is 17.6. The molecule has 0 aromatic heterocycles. The number of rotatable bonds is 5. The fraction of sp³-hybridized carbons (Fsp3) is 0.250. The van der Waals surface area contributed by atoms with Crippen molar-refractivity contribution in [2.45, 2.75) is 0 Å². The number of carbonyl (C=O) groups is 3. The molecule has 0 aliphatic carbocycles. The number of carboxylic acid groups (broad SMARTS) is 1. The summed E-state index contributed by atoms with van der Waals surface area (Å²) in [5, 5.41) is 23.1. The third-order valence-electron chi connectivity index (χ3n) is 2.61. The lowest BCUT2D eigenvalue weighted by Crippen LogP contribution is -2.31. The summed E-state index contributed by atoms with van der Waals surface area (Å²) in [6.45, 7) is -0.202. The van der Waals surface area contributed by atoms with Crippen molar-refractivity contribution in [3.63, 3.8) is 0 Å². The highest BCUT2D eigenvalue weighted by Gasteiger charge is 2.29. The van der Waals surface area contributed by atoms with Gasteiger partial charge >= 0.3 is 5.97 Å². The Balaban J connectivity index is 3.69. The molecule has 0 heterocycles. The molecule has 7 nitrogen and oxygen atoms in total. The fourth-order valence-corrected chi connectivity index (χ4v) is 6.24. The molecule has 0 radical (unpaired) electrons. The van der Waals surface area contributed by atoms with Crippen LogP contribution >= 0.6 is 67.8 Å². The van der Waals surface area contributed by atoms with Gasteiger partial charge in [0.05, 0.1) is 23.3 Å². The van der Waals surface area contributed by atoms with Crippen LogP contribution in [0.15, 0.2) is 0 Å². The first-order valence-electron chi connectivity index (χ1n) is 5.82. The van der Waals surface area contributed by atoms with E-state index in [4.69, 9.17) is 5.11 Å². The predicted octanol–water partition coefficient (Wildman–Crippen LogP) is 1.28. The minimum absolute atomic E-state index is 0.0364. The van der Waals surface area contributed by atoms with E-state index in [2.05, 4.69) is 10.6 Å². The minimum atomic E-state index is -1.22. The molecule has 4 N–H and O–H groups in total. The van der Waals surface area contributed by atoms with Crippen LogP contribution in [0.1, 0.15) is 31.1 Å². The molecule has 2 amide bonds. The number of hydrogen-bond acceptors (Lipinski definition) is 4. The van der Waals surface area contributed by atoms with Gasteiger partial charge in [0, 0.05) is 24.3 Å². The molecule has 0 aliphatic rings. The average Bonchev–Trinajstić information content (AvgIpc) is 2.44. The highest BCUT2D eigenvalue weighted by Crippen LogP contribution is 2.32. The third kappa shape index (κ3) is 4.00. The summed E-state index contributed by atoms with van der Waals surface area (Å²) in [5.41, 5.74) is 0.177. The van der Waals surface area contributed by atoms with E-state index in [-0.39, 0.29) is 37.0 Å². The van der Waals surface area contributed by atoms with Crippen LogP contribution in [0, 0.1) is 10.7 Å². The monoisotopic (exact) mass is 644 g/mol. The molecule has 22 heavy (non-hydrogen) atoms. The van der Waals surface area contributed by atoms with Crippen LogP contribution in [0.3, 0.4) is 0 Å². The Labute approximate surface area is 167 Å². The van der Waals surface area contributed by atoms with Crippen LogP contribution in [0.4, 0.5) is 0 Å². The Kier molecular flexibility index (Phi) is 7.73. The molecule has 0 atom stereocenters. The number of aliphatic hydroxyl groups is 1. The lowest BCUT2D eigenvalue weighted by atomic mass is 10.0. The first-order chi connectivity index (χ1) is 10.3. The second-order valence-corrected chi connectivity index (χ2v) is 7.17. The van der Waals surface area contributed by atoms with Gasteiger partial charge in [0.2, 0.25) is 0 Å². The lowest BCUT2D eigenvalue weighted by molar-refractivity contribution is 0.0694. The number of nitrogens with one attached hydrogen (secondary N) is 2. The number of aromatic carboxylic acids is 1. The van der Waals surface area contributed by atoms with E-state index in [1.807, 2.05) is 22.6 Å². The molecule has 1 aromatic carbocycles.